The summed E-state index contributed by atoms with van der Waals surface area (Å²) in [5.41, 5.74) is 8.92. The molecular weight excluding hydrogens is 861 g/mol. The van der Waals surface area contributed by atoms with Crippen LogP contribution < -0.4 is 11.1 Å². The average molecular weight is 916 g/mol. The van der Waals surface area contributed by atoms with Gasteiger partial charge < -0.3 is 25.6 Å². The number of hydrogen-bond donors (Lipinski definition) is 3. The molecule has 8 saturated carbocycles. The Hall–Kier alpha value is -1.88. The zero-order valence-corrected chi connectivity index (χ0v) is 37.1. The van der Waals surface area contributed by atoms with Gasteiger partial charge in [-0.25, -0.2) is 4.79 Å². The van der Waals surface area contributed by atoms with Crippen molar-refractivity contribution in [2.75, 3.05) is 31.8 Å². The summed E-state index contributed by atoms with van der Waals surface area (Å²) in [7, 11) is 0. The number of nitrogens with one attached hydrogen (secondary N) is 1. The topological polar surface area (TPSA) is 111 Å². The highest BCUT2D eigenvalue weighted by Crippen LogP contribution is 2.68. The number of alkyl halides is 6. The minimum Gasteiger partial charge on any atom is -0.480 e. The summed E-state index contributed by atoms with van der Waals surface area (Å²) in [5.74, 6) is 6.26. The van der Waals surface area contributed by atoms with Crippen molar-refractivity contribution in [2.24, 2.45) is 41.2 Å². The van der Waals surface area contributed by atoms with Gasteiger partial charge in [0.2, 0.25) is 5.91 Å². The second-order valence-electron chi connectivity index (χ2n) is 17.0. The van der Waals surface area contributed by atoms with Crippen LogP contribution in [0.5, 0.6) is 0 Å². The third-order valence-corrected chi connectivity index (χ3v) is 14.7. The second kappa shape index (κ2) is 20.8. The van der Waals surface area contributed by atoms with Crippen LogP contribution in [-0.2, 0) is 19.1 Å². The molecule has 0 heterocycles. The third-order valence-electron chi connectivity index (χ3n) is 12.8. The highest BCUT2D eigenvalue weighted by Gasteiger charge is 2.64. The number of hydrogen-bond acceptors (Lipinski definition) is 5. The lowest BCUT2D eigenvalue weighted by atomic mass is 9.49. The smallest absolute Gasteiger partial charge is 0.329 e. The Morgan fingerprint density at radius 2 is 1.19 bits per heavy atom. The molecule has 8 aliphatic rings. The van der Waals surface area contributed by atoms with E-state index in [4.69, 9.17) is 98.0 Å². The molecule has 0 aromatic heterocycles. The standard InChI is InChI=1S/C22H25Cl2NO2.C17H21Cl2N.C5H6O3.CH2Cl2/c1-2-8-27-13-18(26)25-20(16-6-4-3-5-7-16)19-17-9-15-10-21(23,12-17)14-22(19,24)11-15;18-16-7-11-6-13(9-16)14(17(19,8-11)10-16)15(20)12-4-2-1-3-5-12;1-2-3-8-4-5(6)7;2-1-3/h1,3-7,15,17,19-20H,8-14H2,(H,25,26);1-5,11,13-15H,6-10,20H2;1H,3-4H2,(H,6,7);1H2/t15?,17?,19-,20+,21+,22+;11?,13?,14-,15+,16+,17+;;/m11../s1. The van der Waals surface area contributed by atoms with Gasteiger partial charge in [-0.3, -0.25) is 4.79 Å². The molecule has 4 N–H and O–H groups in total. The number of terminal acetylenes is 2. The number of ether oxygens (including phenoxy) is 2. The maximum atomic E-state index is 12.5. The van der Waals surface area contributed by atoms with Gasteiger partial charge in [-0.1, -0.05) is 72.5 Å². The monoisotopic (exact) mass is 912 g/mol. The molecule has 58 heavy (non-hydrogen) atoms. The van der Waals surface area contributed by atoms with Gasteiger partial charge in [0.1, 0.15) is 26.4 Å². The quantitative estimate of drug-likeness (QED) is 0.118. The molecule has 4 unspecified atom stereocenters. The fourth-order valence-electron chi connectivity index (χ4n) is 11.7. The van der Waals surface area contributed by atoms with Gasteiger partial charge in [0, 0.05) is 27.6 Å². The number of aliphatic carboxylic acids is 1. The Balaban J connectivity index is 0.000000181. The molecule has 12 atom stereocenters. The number of carboxylic acids is 1. The van der Waals surface area contributed by atoms with Crippen LogP contribution in [0.4, 0.5) is 0 Å². The first-order valence-electron chi connectivity index (χ1n) is 19.9. The van der Waals surface area contributed by atoms with Crippen LogP contribution in [0.3, 0.4) is 0 Å². The van der Waals surface area contributed by atoms with E-state index in [1.165, 1.54) is 12.0 Å². The van der Waals surface area contributed by atoms with Gasteiger partial charge in [0.15, 0.2) is 0 Å². The van der Waals surface area contributed by atoms with Gasteiger partial charge in [0.25, 0.3) is 0 Å². The molecule has 13 heteroatoms. The van der Waals surface area contributed by atoms with Crippen molar-refractivity contribution in [3.63, 3.8) is 0 Å². The van der Waals surface area contributed by atoms with Gasteiger partial charge in [0.05, 0.1) is 21.1 Å². The molecular formula is C45H54Cl6N2O5. The van der Waals surface area contributed by atoms with Crippen molar-refractivity contribution in [1.82, 2.24) is 5.32 Å². The molecule has 1 amide bonds. The summed E-state index contributed by atoms with van der Waals surface area (Å²) in [4.78, 5) is 21.5. The van der Waals surface area contributed by atoms with Crippen LogP contribution in [0.25, 0.3) is 0 Å². The predicted octanol–water partition coefficient (Wildman–Crippen LogP) is 9.91. The number of carbonyl (C=O) groups excluding carboxylic acids is 1. The summed E-state index contributed by atoms with van der Waals surface area (Å²) in [6.45, 7) is -0.163. The SMILES string of the molecule is C#CCOCC(=O)N[C@@H](c1ccccc1)[C@H]1C2CC3C[C@](Cl)(C2)C[C@@]1(Cl)C3.C#CCOCC(=O)O.ClCCl.N[C@@H](c1ccccc1)[C@H]1C2CC3C[C@](Cl)(C2)C[C@@]1(Cl)C3. The van der Waals surface area contributed by atoms with E-state index in [9.17, 15) is 9.59 Å². The molecule has 7 nitrogen and oxygen atoms in total. The van der Waals surface area contributed by atoms with Crippen molar-refractivity contribution in [2.45, 2.75) is 95.8 Å². The first-order chi connectivity index (χ1) is 27.6. The first kappa shape index (κ1) is 47.2. The highest BCUT2D eigenvalue weighted by molar-refractivity contribution is 6.40. The van der Waals surface area contributed by atoms with Crippen LogP contribution in [0, 0.1) is 60.2 Å². The molecule has 8 bridgehead atoms. The molecule has 0 aliphatic heterocycles. The van der Waals surface area contributed by atoms with Gasteiger partial charge in [-0.05, 0) is 99.0 Å². The molecule has 0 radical (unpaired) electrons. The van der Waals surface area contributed by atoms with Gasteiger partial charge in [-0.15, -0.1) is 82.5 Å². The van der Waals surface area contributed by atoms with E-state index in [1.54, 1.807) is 0 Å². The van der Waals surface area contributed by atoms with E-state index in [0.29, 0.717) is 23.7 Å². The maximum absolute atomic E-state index is 12.5. The number of carboxylic acid groups (broad SMARTS) is 1. The normalized spacial score (nSPS) is 35.3. The zero-order chi connectivity index (χ0) is 42.1. The van der Waals surface area contributed by atoms with E-state index in [1.807, 2.05) is 24.3 Å². The molecule has 10 rings (SSSR count). The molecule has 0 saturated heterocycles. The van der Waals surface area contributed by atoms with E-state index in [-0.39, 0.29) is 75.2 Å². The highest BCUT2D eigenvalue weighted by atomic mass is 35.5. The minimum atomic E-state index is -1.000. The van der Waals surface area contributed by atoms with E-state index >= 15 is 0 Å². The molecule has 0 spiro atoms. The molecule has 2 aromatic rings. The number of carbonyl (C=O) groups is 2. The lowest BCUT2D eigenvalue weighted by Gasteiger charge is -2.63. The number of halogens is 6. The Morgan fingerprint density at radius 3 is 1.62 bits per heavy atom. The number of nitrogens with two attached hydrogens (primary N) is 1. The van der Waals surface area contributed by atoms with Crippen molar-refractivity contribution in [3.05, 3.63) is 71.8 Å². The van der Waals surface area contributed by atoms with Crippen molar-refractivity contribution in [1.29, 1.82) is 0 Å². The predicted molar refractivity (Wildman–Crippen MR) is 236 cm³/mol. The second-order valence-corrected chi connectivity index (χ2v) is 20.9. The van der Waals surface area contributed by atoms with E-state index in [2.05, 4.69) is 58.3 Å². The molecule has 8 aliphatic carbocycles. The summed E-state index contributed by atoms with van der Waals surface area (Å²) >= 11 is 37.6. The lowest BCUT2D eigenvalue weighted by molar-refractivity contribution is -0.141. The third kappa shape index (κ3) is 11.7. The number of amides is 1. The van der Waals surface area contributed by atoms with Crippen LogP contribution in [0.2, 0.25) is 0 Å². The first-order valence-corrected chi connectivity index (χ1v) is 22.4. The van der Waals surface area contributed by atoms with Crippen LogP contribution in [0.1, 0.15) is 87.4 Å². The zero-order valence-electron chi connectivity index (χ0n) is 32.6. The Labute approximate surface area is 374 Å². The maximum Gasteiger partial charge on any atom is 0.329 e. The molecule has 2 aromatic carbocycles. The van der Waals surface area contributed by atoms with Crippen molar-refractivity contribution >= 4 is 81.5 Å². The van der Waals surface area contributed by atoms with Crippen molar-refractivity contribution < 1.29 is 24.2 Å². The Morgan fingerprint density at radius 1 is 0.741 bits per heavy atom. The van der Waals surface area contributed by atoms with Gasteiger partial charge >= 0.3 is 5.97 Å². The average Bonchev–Trinajstić information content (AvgIpc) is 3.14. The van der Waals surface area contributed by atoms with E-state index < -0.39 is 5.97 Å². The number of rotatable bonds is 11. The number of benzene rings is 2. The van der Waals surface area contributed by atoms with Crippen LogP contribution in [0.15, 0.2) is 60.7 Å². The van der Waals surface area contributed by atoms with E-state index in [0.717, 1.165) is 69.3 Å². The largest absolute Gasteiger partial charge is 0.480 e. The summed E-state index contributed by atoms with van der Waals surface area (Å²) in [6.07, 6.45) is 20.5. The van der Waals surface area contributed by atoms with Gasteiger partial charge in [-0.2, -0.15) is 0 Å². The van der Waals surface area contributed by atoms with Crippen molar-refractivity contribution in [3.8, 4) is 24.7 Å². The van der Waals surface area contributed by atoms with Crippen LogP contribution in [-0.4, -0.2) is 68.2 Å². The molecule has 8 fully saturated rings. The minimum absolute atomic E-state index is 0.0394. The summed E-state index contributed by atoms with van der Waals surface area (Å²) in [5, 5.41) is 11.3. The van der Waals surface area contributed by atoms with Crippen LogP contribution >= 0.6 is 69.6 Å². The Bertz CT molecular complexity index is 1760. The lowest BCUT2D eigenvalue weighted by Crippen LogP contribution is -2.62. The summed E-state index contributed by atoms with van der Waals surface area (Å²) < 4.78 is 9.63. The molecule has 316 valence electrons. The fraction of sp³-hybridized carbons (Fsp3) is 0.600. The fourth-order valence-corrected chi connectivity index (χ4v) is 14.7. The Kier molecular flexibility index (Phi) is 16.9. The summed E-state index contributed by atoms with van der Waals surface area (Å²) in [6, 6.07) is 20.5.